The number of rotatable bonds is 3. The van der Waals surface area contributed by atoms with Crippen LogP contribution in [0.25, 0.3) is 0 Å². The molecule has 3 N–H and O–H groups in total. The van der Waals surface area contributed by atoms with Crippen LogP contribution in [0.3, 0.4) is 0 Å². The summed E-state index contributed by atoms with van der Waals surface area (Å²) in [7, 11) is 0. The number of H-pyrrole nitrogens is 1. The molecule has 0 spiro atoms. The Morgan fingerprint density at radius 3 is 2.78 bits per heavy atom. The Balaban J connectivity index is 2.20. The summed E-state index contributed by atoms with van der Waals surface area (Å²) in [5, 5.41) is 1.31. The molecule has 0 bridgehead atoms. The van der Waals surface area contributed by atoms with E-state index in [-0.39, 0.29) is 11.6 Å². The second-order valence-corrected chi connectivity index (χ2v) is 5.02. The maximum absolute atomic E-state index is 11.3. The monoisotopic (exact) mass is 262 g/mol. The molecule has 0 saturated carbocycles. The Morgan fingerprint density at radius 1 is 1.44 bits per heavy atom. The van der Waals surface area contributed by atoms with E-state index in [0.29, 0.717) is 10.9 Å². The summed E-state index contributed by atoms with van der Waals surface area (Å²) in [4.78, 5) is 22.5. The summed E-state index contributed by atoms with van der Waals surface area (Å²) >= 11 is 1.32. The van der Waals surface area contributed by atoms with Crippen LogP contribution >= 0.6 is 11.8 Å². The molecule has 2 aromatic heterocycles. The zero-order valence-electron chi connectivity index (χ0n) is 10.2. The van der Waals surface area contributed by atoms with Crippen LogP contribution in [0.4, 0.5) is 0 Å². The van der Waals surface area contributed by atoms with Crippen molar-refractivity contribution >= 4 is 11.8 Å². The van der Waals surface area contributed by atoms with E-state index in [1.807, 2.05) is 19.1 Å². The molecule has 2 aromatic rings. The minimum absolute atomic E-state index is 0.0338. The van der Waals surface area contributed by atoms with Crippen molar-refractivity contribution in [1.82, 2.24) is 15.0 Å². The van der Waals surface area contributed by atoms with E-state index in [0.717, 1.165) is 10.6 Å². The SMILES string of the molecule is Cc1cc(=O)[nH]c(Sc2ccc([C@H](C)N)cn2)n1. The first-order valence-electron chi connectivity index (χ1n) is 5.52. The number of nitrogens with one attached hydrogen (secondary N) is 1. The Bertz CT molecular complexity index is 592. The van der Waals surface area contributed by atoms with Crippen molar-refractivity contribution in [3.8, 4) is 0 Å². The fourth-order valence-electron chi connectivity index (χ4n) is 1.42. The molecule has 0 fully saturated rings. The summed E-state index contributed by atoms with van der Waals surface area (Å²) in [5.41, 5.74) is 7.26. The molecular formula is C12H14N4OS. The van der Waals surface area contributed by atoms with Gasteiger partial charge in [-0.15, -0.1) is 0 Å². The van der Waals surface area contributed by atoms with Crippen molar-refractivity contribution < 1.29 is 0 Å². The van der Waals surface area contributed by atoms with Crippen LogP contribution in [0.2, 0.25) is 0 Å². The van der Waals surface area contributed by atoms with Crippen molar-refractivity contribution in [3.63, 3.8) is 0 Å². The lowest BCUT2D eigenvalue weighted by atomic mass is 10.2. The standard InChI is InChI=1S/C12H14N4OS/c1-7-5-10(17)16-12(15-7)18-11-4-3-9(6-14-11)8(2)13/h3-6,8H,13H2,1-2H3,(H,15,16,17)/t8-/m0/s1. The van der Waals surface area contributed by atoms with Gasteiger partial charge in [0.25, 0.3) is 5.56 Å². The van der Waals surface area contributed by atoms with Gasteiger partial charge in [0, 0.05) is 24.0 Å². The zero-order valence-corrected chi connectivity index (χ0v) is 11.0. The van der Waals surface area contributed by atoms with Crippen molar-refractivity contribution in [2.75, 3.05) is 0 Å². The highest BCUT2D eigenvalue weighted by atomic mass is 32.2. The van der Waals surface area contributed by atoms with Gasteiger partial charge in [-0.1, -0.05) is 6.07 Å². The van der Waals surface area contributed by atoms with Crippen LogP contribution in [-0.2, 0) is 0 Å². The van der Waals surface area contributed by atoms with Gasteiger partial charge in [0.05, 0.1) is 0 Å². The quantitative estimate of drug-likeness (QED) is 0.821. The molecule has 5 nitrogen and oxygen atoms in total. The van der Waals surface area contributed by atoms with Crippen LogP contribution < -0.4 is 11.3 Å². The topological polar surface area (TPSA) is 84.7 Å². The molecule has 0 saturated heterocycles. The lowest BCUT2D eigenvalue weighted by molar-refractivity contribution is 0.805. The lowest BCUT2D eigenvalue weighted by Gasteiger charge is -2.05. The molecule has 0 unspecified atom stereocenters. The molecule has 0 aliphatic rings. The average molecular weight is 262 g/mol. The van der Waals surface area contributed by atoms with Crippen molar-refractivity contribution in [3.05, 3.63) is 46.0 Å². The minimum Gasteiger partial charge on any atom is -0.324 e. The first-order valence-corrected chi connectivity index (χ1v) is 6.33. The lowest BCUT2D eigenvalue weighted by Crippen LogP contribution is -2.08. The fraction of sp³-hybridized carbons (Fsp3) is 0.250. The smallest absolute Gasteiger partial charge is 0.251 e. The van der Waals surface area contributed by atoms with Gasteiger partial charge in [-0.2, -0.15) is 0 Å². The van der Waals surface area contributed by atoms with Gasteiger partial charge < -0.3 is 10.7 Å². The van der Waals surface area contributed by atoms with Crippen molar-refractivity contribution in [2.45, 2.75) is 30.1 Å². The first kappa shape index (κ1) is 12.8. The zero-order chi connectivity index (χ0) is 13.1. The molecule has 6 heteroatoms. The summed E-state index contributed by atoms with van der Waals surface area (Å²) in [5.74, 6) is 0. The van der Waals surface area contributed by atoms with Gasteiger partial charge in [-0.3, -0.25) is 4.79 Å². The predicted molar refractivity (Wildman–Crippen MR) is 70.6 cm³/mol. The summed E-state index contributed by atoms with van der Waals surface area (Å²) in [6, 6.07) is 5.21. The average Bonchev–Trinajstić information content (AvgIpc) is 2.28. The van der Waals surface area contributed by atoms with E-state index in [4.69, 9.17) is 5.73 Å². The number of hydrogen-bond acceptors (Lipinski definition) is 5. The van der Waals surface area contributed by atoms with E-state index in [9.17, 15) is 4.79 Å². The first-order chi connectivity index (χ1) is 8.54. The van der Waals surface area contributed by atoms with Gasteiger partial charge in [0.1, 0.15) is 5.03 Å². The maximum Gasteiger partial charge on any atom is 0.251 e. The van der Waals surface area contributed by atoms with Gasteiger partial charge in [0.2, 0.25) is 0 Å². The minimum atomic E-state index is -0.155. The highest BCUT2D eigenvalue weighted by Gasteiger charge is 2.04. The van der Waals surface area contributed by atoms with E-state index >= 15 is 0 Å². The number of hydrogen-bond donors (Lipinski definition) is 2. The Labute approximate surface area is 109 Å². The molecule has 0 aliphatic carbocycles. The third kappa shape index (κ3) is 3.18. The number of aryl methyl sites for hydroxylation is 1. The molecule has 0 aromatic carbocycles. The normalized spacial score (nSPS) is 12.4. The van der Waals surface area contributed by atoms with Gasteiger partial charge in [-0.05, 0) is 37.2 Å². The third-order valence-corrected chi connectivity index (χ3v) is 3.17. The summed E-state index contributed by atoms with van der Waals surface area (Å²) < 4.78 is 0. The number of nitrogens with two attached hydrogens (primary N) is 1. The Hall–Kier alpha value is -1.66. The number of aromatic amines is 1. The molecular weight excluding hydrogens is 248 g/mol. The molecule has 18 heavy (non-hydrogen) atoms. The van der Waals surface area contributed by atoms with E-state index in [1.165, 1.54) is 17.8 Å². The van der Waals surface area contributed by atoms with Gasteiger partial charge >= 0.3 is 0 Å². The maximum atomic E-state index is 11.3. The summed E-state index contributed by atoms with van der Waals surface area (Å²) in [6.45, 7) is 3.69. The van der Waals surface area contributed by atoms with Crippen LogP contribution in [0.15, 0.2) is 39.4 Å². The molecule has 2 rings (SSSR count). The highest BCUT2D eigenvalue weighted by Crippen LogP contribution is 2.22. The predicted octanol–water partition coefficient (Wildman–Crippen LogP) is 1.64. The number of pyridine rings is 1. The van der Waals surface area contributed by atoms with Crippen LogP contribution in [0.1, 0.15) is 24.2 Å². The molecule has 2 heterocycles. The molecule has 1 atom stereocenters. The molecule has 0 radical (unpaired) electrons. The molecule has 0 aliphatic heterocycles. The Kier molecular flexibility index (Phi) is 3.78. The second kappa shape index (κ2) is 5.32. The largest absolute Gasteiger partial charge is 0.324 e. The van der Waals surface area contributed by atoms with Gasteiger partial charge in [-0.25, -0.2) is 9.97 Å². The molecule has 0 amide bonds. The van der Waals surface area contributed by atoms with Crippen molar-refractivity contribution in [2.24, 2.45) is 5.73 Å². The highest BCUT2D eigenvalue weighted by molar-refractivity contribution is 7.99. The number of aromatic nitrogens is 3. The molecule has 94 valence electrons. The fourth-order valence-corrected chi connectivity index (χ4v) is 2.20. The summed E-state index contributed by atoms with van der Waals surface area (Å²) in [6.07, 6.45) is 1.74. The van der Waals surface area contributed by atoms with Gasteiger partial charge in [0.15, 0.2) is 5.16 Å². The number of nitrogens with zero attached hydrogens (tertiary/aromatic N) is 2. The van der Waals surface area contributed by atoms with E-state index in [1.54, 1.807) is 13.1 Å². The third-order valence-electron chi connectivity index (χ3n) is 2.33. The van der Waals surface area contributed by atoms with Crippen LogP contribution in [0.5, 0.6) is 0 Å². The van der Waals surface area contributed by atoms with E-state index < -0.39 is 0 Å². The van der Waals surface area contributed by atoms with E-state index in [2.05, 4.69) is 15.0 Å². The second-order valence-electron chi connectivity index (χ2n) is 4.01. The Morgan fingerprint density at radius 2 is 2.22 bits per heavy atom. The van der Waals surface area contributed by atoms with Crippen LogP contribution in [-0.4, -0.2) is 15.0 Å². The van der Waals surface area contributed by atoms with Crippen molar-refractivity contribution in [1.29, 1.82) is 0 Å². The van der Waals surface area contributed by atoms with Crippen LogP contribution in [0, 0.1) is 6.92 Å².